The highest BCUT2D eigenvalue weighted by atomic mass is 35.5. The summed E-state index contributed by atoms with van der Waals surface area (Å²) >= 11 is 6.09. The van der Waals surface area contributed by atoms with Gasteiger partial charge in [-0.1, -0.05) is 78.9 Å². The first kappa shape index (κ1) is 26.9. The fourth-order valence-corrected chi connectivity index (χ4v) is 5.64. The first-order valence-corrected chi connectivity index (χ1v) is 15.7. The molecule has 0 aliphatic carbocycles. The van der Waals surface area contributed by atoms with Crippen molar-refractivity contribution in [1.82, 2.24) is 9.88 Å². The lowest BCUT2D eigenvalue weighted by atomic mass is 10.1. The third-order valence-electron chi connectivity index (χ3n) is 6.36. The van der Waals surface area contributed by atoms with Crippen LogP contribution in [0.2, 0.25) is 24.7 Å². The van der Waals surface area contributed by atoms with E-state index in [9.17, 15) is 18.0 Å². The molecular weight excluding hydrogens is 520 g/mol. The number of aromatic nitrogens is 1. The second-order valence-electron chi connectivity index (χ2n) is 10.1. The Morgan fingerprint density at radius 2 is 1.70 bits per heavy atom. The summed E-state index contributed by atoms with van der Waals surface area (Å²) in [6.45, 7) is 6.95. The lowest BCUT2D eigenvalue weighted by molar-refractivity contribution is -0.137. The van der Waals surface area contributed by atoms with E-state index >= 15 is 4.39 Å². The topological polar surface area (TPSA) is 36.1 Å². The highest BCUT2D eigenvalue weighted by Gasteiger charge is 2.30. The second kappa shape index (κ2) is 10.3. The molecule has 0 spiro atoms. The van der Waals surface area contributed by atoms with Gasteiger partial charge in [0.15, 0.2) is 5.82 Å². The average molecular weight is 547 g/mol. The molecule has 0 atom stereocenters. The molecule has 37 heavy (non-hydrogen) atoms. The first-order chi connectivity index (χ1) is 17.3. The van der Waals surface area contributed by atoms with Crippen LogP contribution in [0.5, 0.6) is 0 Å². The van der Waals surface area contributed by atoms with Crippen LogP contribution in [-0.4, -0.2) is 30.4 Å². The van der Waals surface area contributed by atoms with E-state index < -0.39 is 31.5 Å². The summed E-state index contributed by atoms with van der Waals surface area (Å²) in [5.41, 5.74) is 0.655. The van der Waals surface area contributed by atoms with Crippen molar-refractivity contribution in [2.45, 2.75) is 38.8 Å². The number of amides is 1. The summed E-state index contributed by atoms with van der Waals surface area (Å²) in [5, 5.41) is 1.67. The van der Waals surface area contributed by atoms with Crippen LogP contribution in [0.25, 0.3) is 10.9 Å². The number of aromatic amines is 1. The molecule has 3 nitrogen and oxygen atoms in total. The summed E-state index contributed by atoms with van der Waals surface area (Å²) in [6, 6.07) is 16.1. The fraction of sp³-hybridized carbons (Fsp3) is 0.250. The zero-order valence-electron chi connectivity index (χ0n) is 20.7. The van der Waals surface area contributed by atoms with Gasteiger partial charge in [-0.25, -0.2) is 4.39 Å². The predicted octanol–water partition coefficient (Wildman–Crippen LogP) is 7.41. The Morgan fingerprint density at radius 1 is 1.00 bits per heavy atom. The second-order valence-corrected chi connectivity index (χ2v) is 15.6. The van der Waals surface area contributed by atoms with Gasteiger partial charge < -0.3 is 9.88 Å². The number of carbonyl (C=O) groups excluding carboxylic acids is 1. The molecule has 0 bridgehead atoms. The van der Waals surface area contributed by atoms with E-state index in [0.717, 1.165) is 17.7 Å². The Kier molecular flexibility index (Phi) is 7.53. The number of fused-ring (bicyclic) bond motifs is 1. The van der Waals surface area contributed by atoms with Gasteiger partial charge in [0.05, 0.1) is 24.2 Å². The molecule has 1 N–H and O–H groups in total. The molecule has 0 aliphatic rings. The van der Waals surface area contributed by atoms with E-state index in [1.807, 2.05) is 24.3 Å². The van der Waals surface area contributed by atoms with Crippen LogP contribution in [0.15, 0.2) is 66.9 Å². The number of rotatable bonds is 7. The molecule has 1 amide bonds. The van der Waals surface area contributed by atoms with Crippen molar-refractivity contribution in [2.75, 3.05) is 6.54 Å². The van der Waals surface area contributed by atoms with E-state index in [2.05, 4.69) is 24.6 Å². The molecule has 4 rings (SSSR count). The summed E-state index contributed by atoms with van der Waals surface area (Å²) in [7, 11) is -1.53. The van der Waals surface area contributed by atoms with E-state index in [4.69, 9.17) is 11.6 Å². The number of hydrogen-bond donors (Lipinski definition) is 1. The maximum Gasteiger partial charge on any atom is 0.416 e. The molecule has 0 saturated heterocycles. The van der Waals surface area contributed by atoms with Gasteiger partial charge in [-0.2, -0.15) is 13.2 Å². The number of carbonyl (C=O) groups is 1. The monoisotopic (exact) mass is 546 g/mol. The average Bonchev–Trinajstić information content (AvgIpc) is 3.29. The maximum atomic E-state index is 15.2. The molecule has 0 radical (unpaired) electrons. The zero-order valence-corrected chi connectivity index (χ0v) is 22.5. The van der Waals surface area contributed by atoms with Crippen molar-refractivity contribution in [1.29, 1.82) is 0 Å². The van der Waals surface area contributed by atoms with Gasteiger partial charge >= 0.3 is 6.18 Å². The van der Waals surface area contributed by atoms with Gasteiger partial charge in [0, 0.05) is 24.7 Å². The lowest BCUT2D eigenvalue weighted by Gasteiger charge is -2.25. The van der Waals surface area contributed by atoms with Crippen molar-refractivity contribution < 1.29 is 22.4 Å². The quantitative estimate of drug-likeness (QED) is 0.190. The molecule has 0 fully saturated rings. The number of alkyl halides is 3. The Balaban J connectivity index is 1.68. The Hall–Kier alpha value is -3.10. The van der Waals surface area contributed by atoms with Gasteiger partial charge in [0.2, 0.25) is 0 Å². The minimum Gasteiger partial charge on any atom is -0.360 e. The van der Waals surface area contributed by atoms with E-state index in [-0.39, 0.29) is 30.1 Å². The normalized spacial score (nSPS) is 12.2. The molecule has 3 aromatic carbocycles. The predicted molar refractivity (Wildman–Crippen MR) is 143 cm³/mol. The summed E-state index contributed by atoms with van der Waals surface area (Å²) in [5.74, 6) is -1.42. The van der Waals surface area contributed by atoms with E-state index in [1.165, 1.54) is 22.2 Å². The van der Waals surface area contributed by atoms with Gasteiger partial charge in [-0.15, -0.1) is 0 Å². The Bertz CT molecular complexity index is 1430. The van der Waals surface area contributed by atoms with E-state index in [0.29, 0.717) is 16.5 Å². The number of nitrogens with zero attached hydrogens (tertiary/aromatic N) is 1. The van der Waals surface area contributed by atoms with Gasteiger partial charge in [-0.05, 0) is 35.7 Å². The zero-order chi connectivity index (χ0) is 27.0. The third kappa shape index (κ3) is 6.08. The van der Waals surface area contributed by atoms with Crippen LogP contribution < -0.4 is 5.19 Å². The van der Waals surface area contributed by atoms with Gasteiger partial charge in [-0.3, -0.25) is 4.79 Å². The van der Waals surface area contributed by atoms with Crippen molar-refractivity contribution in [2.24, 2.45) is 0 Å². The van der Waals surface area contributed by atoms with Crippen LogP contribution >= 0.6 is 11.6 Å². The van der Waals surface area contributed by atoms with Crippen LogP contribution in [0.3, 0.4) is 0 Å². The Morgan fingerprint density at radius 3 is 2.35 bits per heavy atom. The summed E-state index contributed by atoms with van der Waals surface area (Å²) < 4.78 is 54.8. The highest BCUT2D eigenvalue weighted by Crippen LogP contribution is 2.31. The number of halogens is 5. The summed E-state index contributed by atoms with van der Waals surface area (Å²) in [6.07, 6.45) is -2.70. The lowest BCUT2D eigenvalue weighted by Crippen LogP contribution is -2.37. The summed E-state index contributed by atoms with van der Waals surface area (Å²) in [4.78, 5) is 18.1. The molecule has 0 aliphatic heterocycles. The molecule has 0 saturated carbocycles. The van der Waals surface area contributed by atoms with Gasteiger partial charge in [0.25, 0.3) is 5.91 Å². The minimum atomic E-state index is -4.47. The fourth-order valence-electron chi connectivity index (χ4n) is 4.26. The molecule has 1 aromatic heterocycles. The molecule has 194 valence electrons. The largest absolute Gasteiger partial charge is 0.416 e. The molecule has 1 heterocycles. The molecular formula is C28H27ClF4N2OSi. The van der Waals surface area contributed by atoms with Crippen molar-refractivity contribution in [3.63, 3.8) is 0 Å². The minimum absolute atomic E-state index is 0.0874. The van der Waals surface area contributed by atoms with Crippen LogP contribution in [-0.2, 0) is 19.1 Å². The molecule has 4 aromatic rings. The standard InChI is InChI=1S/C28H27ClF4N2OSi/c1-37(2,3)22-9-7-19(8-10-22)17-35(14-12-18-5-4-6-21(15-18)28(31,32)33)27(36)24-25(30)23(29)16-20-11-13-34-26(20)24/h4-11,13,15-16,34H,12,14,17H2,1-3H3. The Labute approximate surface area is 219 Å². The van der Waals surface area contributed by atoms with Crippen LogP contribution in [0.4, 0.5) is 17.6 Å². The smallest absolute Gasteiger partial charge is 0.360 e. The van der Waals surface area contributed by atoms with Gasteiger partial charge in [0.1, 0.15) is 5.56 Å². The van der Waals surface area contributed by atoms with Crippen molar-refractivity contribution in [3.8, 4) is 0 Å². The molecule has 9 heteroatoms. The van der Waals surface area contributed by atoms with Crippen molar-refractivity contribution in [3.05, 3.63) is 100.0 Å². The van der Waals surface area contributed by atoms with Crippen LogP contribution in [0.1, 0.15) is 27.0 Å². The first-order valence-electron chi connectivity index (χ1n) is 11.8. The SMILES string of the molecule is C[Si](C)(C)c1ccc(CN(CCc2cccc(C(F)(F)F)c2)C(=O)c2c(F)c(Cl)cc3cc[nH]c23)cc1. The third-order valence-corrected chi connectivity index (χ3v) is 8.70. The number of H-pyrrole nitrogens is 1. The highest BCUT2D eigenvalue weighted by molar-refractivity contribution is 6.88. The van der Waals surface area contributed by atoms with Crippen molar-refractivity contribution >= 4 is 41.7 Å². The molecule has 0 unspecified atom stereocenters. The maximum absolute atomic E-state index is 15.2. The van der Waals surface area contributed by atoms with E-state index in [1.54, 1.807) is 18.3 Å². The van der Waals surface area contributed by atoms with Crippen LogP contribution in [0, 0.1) is 5.82 Å². The number of nitrogens with one attached hydrogen (secondary N) is 1. The number of benzene rings is 3. The number of hydrogen-bond acceptors (Lipinski definition) is 1.